The Bertz CT molecular complexity index is 2400. The SMILES string of the molecule is Cc1ccc2c(c1)C(C)(C)c1cc(C)c(N(c3ccc4c(c3)C(C)(C)c3ccccc3-4)c3cccc4oc5ccccc5c34)cc1-2. The lowest BCUT2D eigenvalue weighted by molar-refractivity contribution is 0.659. The van der Waals surface area contributed by atoms with Crippen molar-refractivity contribution in [2.75, 3.05) is 4.90 Å². The van der Waals surface area contributed by atoms with Crippen LogP contribution in [0, 0.1) is 13.8 Å². The lowest BCUT2D eigenvalue weighted by atomic mass is 9.81. The predicted octanol–water partition coefficient (Wildman–Crippen LogP) is 12.3. The molecule has 9 rings (SSSR count). The molecule has 7 aromatic rings. The van der Waals surface area contributed by atoms with E-state index < -0.39 is 0 Å². The van der Waals surface area contributed by atoms with E-state index in [1.165, 1.54) is 61.3 Å². The van der Waals surface area contributed by atoms with Crippen molar-refractivity contribution in [3.05, 3.63) is 149 Å². The molecule has 0 radical (unpaired) electrons. The molecule has 2 heteroatoms. The van der Waals surface area contributed by atoms with Gasteiger partial charge in [-0.1, -0.05) is 112 Å². The van der Waals surface area contributed by atoms with Crippen LogP contribution >= 0.6 is 0 Å². The molecule has 224 valence electrons. The molecule has 6 aromatic carbocycles. The zero-order valence-corrected chi connectivity index (χ0v) is 27.3. The Labute approximate surface area is 270 Å². The molecular formula is C44H37NO. The fraction of sp³-hybridized carbons (Fsp3) is 0.182. The third kappa shape index (κ3) is 3.59. The quantitative estimate of drug-likeness (QED) is 0.202. The van der Waals surface area contributed by atoms with Gasteiger partial charge >= 0.3 is 0 Å². The summed E-state index contributed by atoms with van der Waals surface area (Å²) in [6.45, 7) is 13.9. The molecule has 2 aliphatic carbocycles. The summed E-state index contributed by atoms with van der Waals surface area (Å²) in [5.74, 6) is 0. The predicted molar refractivity (Wildman–Crippen MR) is 193 cm³/mol. The molecule has 0 bridgehead atoms. The van der Waals surface area contributed by atoms with Crippen LogP contribution in [0.2, 0.25) is 0 Å². The lowest BCUT2D eigenvalue weighted by Gasteiger charge is -2.31. The number of hydrogen-bond donors (Lipinski definition) is 0. The number of para-hydroxylation sites is 1. The number of nitrogens with zero attached hydrogens (tertiary/aromatic N) is 1. The highest BCUT2D eigenvalue weighted by Crippen LogP contribution is 2.54. The maximum Gasteiger partial charge on any atom is 0.137 e. The molecule has 2 aliphatic rings. The number of rotatable bonds is 3. The lowest BCUT2D eigenvalue weighted by Crippen LogP contribution is -2.18. The Hall–Kier alpha value is -5.08. The van der Waals surface area contributed by atoms with E-state index in [9.17, 15) is 0 Å². The van der Waals surface area contributed by atoms with E-state index in [1.54, 1.807) is 0 Å². The van der Waals surface area contributed by atoms with Gasteiger partial charge in [0, 0.05) is 27.6 Å². The molecule has 0 saturated carbocycles. The first-order valence-electron chi connectivity index (χ1n) is 16.4. The van der Waals surface area contributed by atoms with E-state index in [-0.39, 0.29) is 10.8 Å². The number of furan rings is 1. The zero-order valence-electron chi connectivity index (χ0n) is 27.3. The molecule has 0 N–H and O–H groups in total. The van der Waals surface area contributed by atoms with Crippen LogP contribution < -0.4 is 4.90 Å². The molecule has 0 unspecified atom stereocenters. The standard InChI is InChI=1S/C44H37NO/c1-26-18-20-31-33-25-39(27(2)23-36(33)44(5,6)35(31)22-26)45(38-15-11-17-41-42(38)32-13-8-10-16-40(32)46-41)28-19-21-30-29-12-7-9-14-34(29)43(3,4)37(30)24-28/h7-25H,1-6H3. The van der Waals surface area contributed by atoms with Gasteiger partial charge in [-0.15, -0.1) is 0 Å². The molecule has 0 amide bonds. The minimum atomic E-state index is -0.101. The van der Waals surface area contributed by atoms with Crippen molar-refractivity contribution in [1.29, 1.82) is 0 Å². The van der Waals surface area contributed by atoms with Crippen LogP contribution in [0.15, 0.2) is 120 Å². The Morgan fingerprint density at radius 1 is 0.500 bits per heavy atom. The van der Waals surface area contributed by atoms with Crippen molar-refractivity contribution in [2.24, 2.45) is 0 Å². The molecule has 2 nitrogen and oxygen atoms in total. The van der Waals surface area contributed by atoms with Gasteiger partial charge in [0.05, 0.1) is 11.1 Å². The summed E-state index contributed by atoms with van der Waals surface area (Å²) in [6.07, 6.45) is 0. The first-order valence-corrected chi connectivity index (χ1v) is 16.4. The number of fused-ring (bicyclic) bond motifs is 9. The van der Waals surface area contributed by atoms with E-state index in [4.69, 9.17) is 4.42 Å². The van der Waals surface area contributed by atoms with Crippen LogP contribution in [0.4, 0.5) is 17.1 Å². The monoisotopic (exact) mass is 595 g/mol. The molecule has 1 aromatic heterocycles. The fourth-order valence-corrected chi connectivity index (χ4v) is 8.41. The van der Waals surface area contributed by atoms with Crippen molar-refractivity contribution in [3.8, 4) is 22.3 Å². The van der Waals surface area contributed by atoms with Crippen molar-refractivity contribution in [1.82, 2.24) is 0 Å². The highest BCUT2D eigenvalue weighted by atomic mass is 16.3. The first kappa shape index (κ1) is 27.2. The van der Waals surface area contributed by atoms with Crippen LogP contribution in [-0.4, -0.2) is 0 Å². The van der Waals surface area contributed by atoms with Gasteiger partial charge in [-0.3, -0.25) is 0 Å². The summed E-state index contributed by atoms with van der Waals surface area (Å²) in [5.41, 5.74) is 18.6. The maximum absolute atomic E-state index is 6.43. The van der Waals surface area contributed by atoms with Gasteiger partial charge < -0.3 is 9.32 Å². The summed E-state index contributed by atoms with van der Waals surface area (Å²) >= 11 is 0. The minimum absolute atomic E-state index is 0.0606. The third-order valence-corrected chi connectivity index (χ3v) is 10.8. The van der Waals surface area contributed by atoms with Crippen LogP contribution in [-0.2, 0) is 10.8 Å². The van der Waals surface area contributed by atoms with E-state index in [1.807, 2.05) is 6.07 Å². The molecule has 0 fully saturated rings. The molecular weight excluding hydrogens is 558 g/mol. The summed E-state index contributed by atoms with van der Waals surface area (Å²) in [5, 5.41) is 2.27. The van der Waals surface area contributed by atoms with Crippen molar-refractivity contribution < 1.29 is 4.42 Å². The van der Waals surface area contributed by atoms with Crippen LogP contribution in [0.3, 0.4) is 0 Å². The summed E-state index contributed by atoms with van der Waals surface area (Å²) in [6, 6.07) is 42.7. The van der Waals surface area contributed by atoms with E-state index in [0.717, 1.165) is 33.3 Å². The molecule has 0 saturated heterocycles. The van der Waals surface area contributed by atoms with Gasteiger partial charge in [-0.2, -0.15) is 0 Å². The van der Waals surface area contributed by atoms with Gasteiger partial charge in [0.25, 0.3) is 0 Å². The summed E-state index contributed by atoms with van der Waals surface area (Å²) in [4.78, 5) is 2.48. The van der Waals surface area contributed by atoms with Crippen molar-refractivity contribution in [3.63, 3.8) is 0 Å². The largest absolute Gasteiger partial charge is 0.456 e. The van der Waals surface area contributed by atoms with Gasteiger partial charge in [0.1, 0.15) is 11.2 Å². The number of benzene rings is 6. The second kappa shape index (κ2) is 9.23. The summed E-state index contributed by atoms with van der Waals surface area (Å²) in [7, 11) is 0. The van der Waals surface area contributed by atoms with Crippen molar-refractivity contribution >= 4 is 39.0 Å². The molecule has 0 atom stereocenters. The minimum Gasteiger partial charge on any atom is -0.456 e. The number of aryl methyl sites for hydroxylation is 2. The van der Waals surface area contributed by atoms with Crippen LogP contribution in [0.5, 0.6) is 0 Å². The second-order valence-corrected chi connectivity index (χ2v) is 14.3. The van der Waals surface area contributed by atoms with E-state index in [2.05, 4.69) is 156 Å². The Morgan fingerprint density at radius 3 is 2.02 bits per heavy atom. The highest BCUT2D eigenvalue weighted by Gasteiger charge is 2.38. The topological polar surface area (TPSA) is 16.4 Å². The van der Waals surface area contributed by atoms with Crippen LogP contribution in [0.1, 0.15) is 61.1 Å². The summed E-state index contributed by atoms with van der Waals surface area (Å²) < 4.78 is 6.43. The van der Waals surface area contributed by atoms with Crippen LogP contribution in [0.25, 0.3) is 44.2 Å². The average molecular weight is 596 g/mol. The molecule has 0 aliphatic heterocycles. The molecule has 1 heterocycles. The molecule has 0 spiro atoms. The first-order chi connectivity index (χ1) is 22.1. The number of hydrogen-bond acceptors (Lipinski definition) is 2. The maximum atomic E-state index is 6.43. The average Bonchev–Trinajstić information content (AvgIpc) is 3.62. The molecule has 46 heavy (non-hydrogen) atoms. The second-order valence-electron chi connectivity index (χ2n) is 14.3. The highest BCUT2D eigenvalue weighted by molar-refractivity contribution is 6.13. The Morgan fingerprint density at radius 2 is 1.15 bits per heavy atom. The Balaban J connectivity index is 1.34. The van der Waals surface area contributed by atoms with Gasteiger partial charge in [0.2, 0.25) is 0 Å². The van der Waals surface area contributed by atoms with Gasteiger partial charge in [0.15, 0.2) is 0 Å². The van der Waals surface area contributed by atoms with Gasteiger partial charge in [-0.05, 0) is 100 Å². The van der Waals surface area contributed by atoms with E-state index >= 15 is 0 Å². The zero-order chi connectivity index (χ0) is 31.5. The Kier molecular flexibility index (Phi) is 5.47. The fourth-order valence-electron chi connectivity index (χ4n) is 8.41. The smallest absolute Gasteiger partial charge is 0.137 e. The number of anilines is 3. The van der Waals surface area contributed by atoms with Crippen molar-refractivity contribution in [2.45, 2.75) is 52.4 Å². The normalized spacial score (nSPS) is 15.1. The third-order valence-electron chi connectivity index (χ3n) is 10.8. The van der Waals surface area contributed by atoms with Gasteiger partial charge in [-0.25, -0.2) is 0 Å². The van der Waals surface area contributed by atoms with E-state index in [0.29, 0.717) is 0 Å².